The van der Waals surface area contributed by atoms with Crippen LogP contribution >= 0.6 is 24.0 Å². The Morgan fingerprint density at radius 3 is 2.36 bits per heavy atom. The fourth-order valence-corrected chi connectivity index (χ4v) is 2.77. The summed E-state index contributed by atoms with van der Waals surface area (Å²) in [7, 11) is 5.00. The van der Waals surface area contributed by atoms with Crippen LogP contribution in [-0.2, 0) is 12.8 Å². The number of aryl methyl sites for hydroxylation is 1. The molecule has 0 fully saturated rings. The fraction of sp³-hybridized carbons (Fsp3) is 0.381. The van der Waals surface area contributed by atoms with Crippen molar-refractivity contribution in [3.05, 3.63) is 59.4 Å². The van der Waals surface area contributed by atoms with E-state index in [1.807, 2.05) is 24.3 Å². The van der Waals surface area contributed by atoms with Crippen molar-refractivity contribution < 1.29 is 13.9 Å². The molecule has 0 bridgehead atoms. The van der Waals surface area contributed by atoms with Crippen LogP contribution in [0.2, 0.25) is 0 Å². The molecule has 0 amide bonds. The van der Waals surface area contributed by atoms with E-state index in [1.54, 1.807) is 33.4 Å². The predicted molar refractivity (Wildman–Crippen MR) is 123 cm³/mol. The molecule has 154 valence electrons. The summed E-state index contributed by atoms with van der Waals surface area (Å²) in [6.07, 6.45) is 2.47. The molecule has 0 saturated heterocycles. The molecule has 0 atom stereocenters. The zero-order chi connectivity index (χ0) is 19.5. The molecule has 0 spiro atoms. The van der Waals surface area contributed by atoms with E-state index in [0.29, 0.717) is 18.5 Å². The van der Waals surface area contributed by atoms with Crippen molar-refractivity contribution in [2.75, 3.05) is 34.4 Å². The summed E-state index contributed by atoms with van der Waals surface area (Å²) in [5, 5.41) is 6.49. The lowest BCUT2D eigenvalue weighted by Gasteiger charge is -2.13. The SMILES string of the molecule is CN=C(NCCCc1ccc(OC)c(OC)c1)NCCc1ccccc1F.I. The summed E-state index contributed by atoms with van der Waals surface area (Å²) in [5.41, 5.74) is 1.89. The van der Waals surface area contributed by atoms with Crippen molar-refractivity contribution in [2.24, 2.45) is 4.99 Å². The van der Waals surface area contributed by atoms with Gasteiger partial charge in [0.2, 0.25) is 0 Å². The summed E-state index contributed by atoms with van der Waals surface area (Å²) >= 11 is 0. The molecular weight excluding hydrogens is 472 g/mol. The number of nitrogens with zero attached hydrogens (tertiary/aromatic N) is 1. The predicted octanol–water partition coefficient (Wildman–Crippen LogP) is 3.80. The first kappa shape index (κ1) is 24.0. The number of benzene rings is 2. The average Bonchev–Trinajstić information content (AvgIpc) is 2.70. The first-order valence-corrected chi connectivity index (χ1v) is 9.06. The highest BCUT2D eigenvalue weighted by Gasteiger charge is 2.05. The van der Waals surface area contributed by atoms with Crippen LogP contribution in [0.1, 0.15) is 17.5 Å². The molecule has 2 N–H and O–H groups in total. The van der Waals surface area contributed by atoms with Crippen molar-refractivity contribution in [3.8, 4) is 11.5 Å². The molecule has 2 rings (SSSR count). The molecule has 0 radical (unpaired) electrons. The smallest absolute Gasteiger partial charge is 0.190 e. The molecular formula is C21H29FIN3O2. The molecule has 2 aromatic rings. The van der Waals surface area contributed by atoms with Crippen LogP contribution in [-0.4, -0.2) is 40.3 Å². The third kappa shape index (κ3) is 7.53. The number of aliphatic imine (C=N–C) groups is 1. The second kappa shape index (κ2) is 13.2. The van der Waals surface area contributed by atoms with Gasteiger partial charge in [-0.1, -0.05) is 24.3 Å². The van der Waals surface area contributed by atoms with Crippen molar-refractivity contribution in [2.45, 2.75) is 19.3 Å². The van der Waals surface area contributed by atoms with Gasteiger partial charge in [-0.25, -0.2) is 4.39 Å². The Bertz CT molecular complexity index is 756. The summed E-state index contributed by atoms with van der Waals surface area (Å²) < 4.78 is 24.2. The Kier molecular flexibility index (Phi) is 11.3. The number of hydrogen-bond acceptors (Lipinski definition) is 3. The van der Waals surface area contributed by atoms with Gasteiger partial charge in [0.25, 0.3) is 0 Å². The Labute approximate surface area is 183 Å². The molecule has 28 heavy (non-hydrogen) atoms. The van der Waals surface area contributed by atoms with Gasteiger partial charge >= 0.3 is 0 Å². The lowest BCUT2D eigenvalue weighted by atomic mass is 10.1. The fourth-order valence-electron chi connectivity index (χ4n) is 2.77. The van der Waals surface area contributed by atoms with E-state index in [-0.39, 0.29) is 29.8 Å². The molecule has 0 aliphatic rings. The first-order chi connectivity index (χ1) is 13.2. The van der Waals surface area contributed by atoms with Gasteiger partial charge in [0.05, 0.1) is 14.2 Å². The van der Waals surface area contributed by atoms with E-state index in [9.17, 15) is 4.39 Å². The second-order valence-electron chi connectivity index (χ2n) is 6.06. The summed E-state index contributed by atoms with van der Waals surface area (Å²) in [5.74, 6) is 2.03. The van der Waals surface area contributed by atoms with E-state index in [4.69, 9.17) is 9.47 Å². The lowest BCUT2D eigenvalue weighted by molar-refractivity contribution is 0.354. The highest BCUT2D eigenvalue weighted by atomic mass is 127. The Hall–Kier alpha value is -2.03. The van der Waals surface area contributed by atoms with Gasteiger partial charge in [0.1, 0.15) is 5.82 Å². The molecule has 0 heterocycles. The van der Waals surface area contributed by atoms with E-state index in [0.717, 1.165) is 36.8 Å². The molecule has 2 aromatic carbocycles. The Morgan fingerprint density at radius 1 is 0.964 bits per heavy atom. The second-order valence-corrected chi connectivity index (χ2v) is 6.06. The highest BCUT2D eigenvalue weighted by molar-refractivity contribution is 14.0. The van der Waals surface area contributed by atoms with Gasteiger partial charge in [-0.2, -0.15) is 0 Å². The number of hydrogen-bond donors (Lipinski definition) is 2. The molecule has 0 aliphatic carbocycles. The van der Waals surface area contributed by atoms with Crippen LogP contribution in [0.15, 0.2) is 47.5 Å². The number of nitrogens with one attached hydrogen (secondary N) is 2. The standard InChI is InChI=1S/C21H28FN3O2.HI/c1-23-21(25-14-12-17-8-4-5-9-18(17)22)24-13-6-7-16-10-11-19(26-2)20(15-16)27-3;/h4-5,8-11,15H,6-7,12-14H2,1-3H3,(H2,23,24,25);1H. The van der Waals surface area contributed by atoms with Crippen LogP contribution in [0.5, 0.6) is 11.5 Å². The van der Waals surface area contributed by atoms with Crippen LogP contribution in [0.4, 0.5) is 4.39 Å². The molecule has 7 heteroatoms. The maximum Gasteiger partial charge on any atom is 0.190 e. The maximum absolute atomic E-state index is 13.6. The molecule has 0 aliphatic heterocycles. The number of methoxy groups -OCH3 is 2. The minimum absolute atomic E-state index is 0. The van der Waals surface area contributed by atoms with E-state index >= 15 is 0 Å². The summed E-state index contributed by atoms with van der Waals surface area (Å²) in [6, 6.07) is 12.8. The van der Waals surface area contributed by atoms with Crippen molar-refractivity contribution in [1.29, 1.82) is 0 Å². The topological polar surface area (TPSA) is 54.9 Å². The zero-order valence-corrected chi connectivity index (χ0v) is 19.0. The van der Waals surface area contributed by atoms with Crippen LogP contribution < -0.4 is 20.1 Å². The number of rotatable bonds is 9. The third-order valence-electron chi connectivity index (χ3n) is 4.25. The number of halogens is 2. The largest absolute Gasteiger partial charge is 0.493 e. The molecule has 0 aromatic heterocycles. The van der Waals surface area contributed by atoms with Gasteiger partial charge in [-0.15, -0.1) is 24.0 Å². The van der Waals surface area contributed by atoms with Gasteiger partial charge in [-0.05, 0) is 48.6 Å². The highest BCUT2D eigenvalue weighted by Crippen LogP contribution is 2.27. The first-order valence-electron chi connectivity index (χ1n) is 9.06. The molecule has 5 nitrogen and oxygen atoms in total. The normalized spacial score (nSPS) is 10.8. The van der Waals surface area contributed by atoms with E-state index in [2.05, 4.69) is 15.6 Å². The maximum atomic E-state index is 13.6. The van der Waals surface area contributed by atoms with Crippen molar-refractivity contribution in [3.63, 3.8) is 0 Å². The molecule has 0 saturated carbocycles. The van der Waals surface area contributed by atoms with Crippen LogP contribution in [0, 0.1) is 5.82 Å². The average molecular weight is 501 g/mol. The summed E-state index contributed by atoms with van der Waals surface area (Å²) in [4.78, 5) is 4.20. The van der Waals surface area contributed by atoms with Crippen molar-refractivity contribution in [1.82, 2.24) is 10.6 Å². The van der Waals surface area contributed by atoms with Gasteiger partial charge < -0.3 is 20.1 Å². The Morgan fingerprint density at radius 2 is 1.68 bits per heavy atom. The monoisotopic (exact) mass is 501 g/mol. The Balaban J connectivity index is 0.00000392. The van der Waals surface area contributed by atoms with Gasteiger partial charge in [0.15, 0.2) is 17.5 Å². The van der Waals surface area contributed by atoms with Gasteiger partial charge in [0, 0.05) is 20.1 Å². The van der Waals surface area contributed by atoms with Gasteiger partial charge in [-0.3, -0.25) is 4.99 Å². The minimum atomic E-state index is -0.169. The quantitative estimate of drug-likeness (QED) is 0.238. The van der Waals surface area contributed by atoms with Crippen LogP contribution in [0.3, 0.4) is 0 Å². The third-order valence-corrected chi connectivity index (χ3v) is 4.25. The van der Waals surface area contributed by atoms with E-state index < -0.39 is 0 Å². The van der Waals surface area contributed by atoms with Crippen molar-refractivity contribution >= 4 is 29.9 Å². The number of guanidine groups is 1. The zero-order valence-electron chi connectivity index (χ0n) is 16.6. The van der Waals surface area contributed by atoms with E-state index in [1.165, 1.54) is 11.6 Å². The minimum Gasteiger partial charge on any atom is -0.493 e. The molecule has 0 unspecified atom stereocenters. The summed E-state index contributed by atoms with van der Waals surface area (Å²) in [6.45, 7) is 1.41. The van der Waals surface area contributed by atoms with Crippen LogP contribution in [0.25, 0.3) is 0 Å². The number of ether oxygens (including phenoxy) is 2. The lowest BCUT2D eigenvalue weighted by Crippen LogP contribution is -2.38.